The van der Waals surface area contributed by atoms with Gasteiger partial charge < -0.3 is 14.2 Å². The predicted molar refractivity (Wildman–Crippen MR) is 107 cm³/mol. The number of amides is 1. The van der Waals surface area contributed by atoms with Crippen molar-refractivity contribution in [3.63, 3.8) is 0 Å². The van der Waals surface area contributed by atoms with Gasteiger partial charge in [0.25, 0.3) is 0 Å². The molecule has 0 heterocycles. The summed E-state index contributed by atoms with van der Waals surface area (Å²) in [6.45, 7) is -0.0133. The van der Waals surface area contributed by atoms with Crippen molar-refractivity contribution in [3.8, 4) is 11.5 Å². The minimum absolute atomic E-state index is 0.0133. The molecule has 1 aliphatic carbocycles. The van der Waals surface area contributed by atoms with Crippen molar-refractivity contribution in [2.45, 2.75) is 31.9 Å². The zero-order chi connectivity index (χ0) is 20.9. The third-order valence-corrected chi connectivity index (χ3v) is 5.77. The van der Waals surface area contributed by atoms with Gasteiger partial charge in [0.15, 0.2) is 11.5 Å². The molecule has 1 amide bonds. The van der Waals surface area contributed by atoms with E-state index < -0.39 is 16.3 Å². The number of nitrogens with one attached hydrogen (secondary N) is 2. The van der Waals surface area contributed by atoms with Gasteiger partial charge >= 0.3 is 16.3 Å². The van der Waals surface area contributed by atoms with Gasteiger partial charge in [-0.25, -0.2) is 9.52 Å². The first-order chi connectivity index (χ1) is 13.9. The maximum Gasteiger partial charge on any atom is 0.422 e. The number of ether oxygens (including phenoxy) is 3. The topological polar surface area (TPSA) is 103 Å². The number of benzene rings is 2. The Bertz CT molecular complexity index is 962. The van der Waals surface area contributed by atoms with Gasteiger partial charge in [0.1, 0.15) is 6.61 Å². The van der Waals surface area contributed by atoms with Gasteiger partial charge in [0.2, 0.25) is 0 Å². The summed E-state index contributed by atoms with van der Waals surface area (Å²) >= 11 is 0. The van der Waals surface area contributed by atoms with E-state index in [4.69, 9.17) is 14.2 Å². The number of hydrogen-bond donors (Lipinski definition) is 2. The van der Waals surface area contributed by atoms with Crippen LogP contribution in [0.4, 0.5) is 4.79 Å². The van der Waals surface area contributed by atoms with Crippen LogP contribution in [0.2, 0.25) is 0 Å². The minimum Gasteiger partial charge on any atom is -0.493 e. The Morgan fingerprint density at radius 1 is 1.07 bits per heavy atom. The molecule has 2 N–H and O–H groups in total. The fraction of sp³-hybridized carbons (Fsp3) is 0.350. The van der Waals surface area contributed by atoms with Crippen molar-refractivity contribution >= 4 is 16.3 Å². The lowest BCUT2D eigenvalue weighted by atomic mass is 9.88. The lowest BCUT2D eigenvalue weighted by Crippen LogP contribution is -2.47. The number of rotatable bonds is 7. The van der Waals surface area contributed by atoms with E-state index in [0.29, 0.717) is 30.8 Å². The molecule has 156 valence electrons. The largest absolute Gasteiger partial charge is 0.493 e. The second-order valence-electron chi connectivity index (χ2n) is 6.70. The van der Waals surface area contributed by atoms with Gasteiger partial charge in [-0.1, -0.05) is 30.3 Å². The van der Waals surface area contributed by atoms with Gasteiger partial charge in [-0.15, -0.1) is 0 Å². The summed E-state index contributed by atoms with van der Waals surface area (Å²) in [5.41, 5.74) is 2.84. The molecule has 3 rings (SSSR count). The number of carbonyl (C=O) groups excluding carboxylic acids is 1. The molecule has 0 fully saturated rings. The second kappa shape index (κ2) is 9.15. The first-order valence-corrected chi connectivity index (χ1v) is 10.6. The fourth-order valence-electron chi connectivity index (χ4n) is 3.29. The van der Waals surface area contributed by atoms with E-state index in [1.807, 2.05) is 22.9 Å². The van der Waals surface area contributed by atoms with E-state index in [2.05, 4.69) is 4.72 Å². The molecule has 1 aliphatic rings. The molecule has 0 saturated heterocycles. The molecular formula is C20H24N2O6S. The first-order valence-electron chi connectivity index (χ1n) is 9.14. The van der Waals surface area contributed by atoms with Gasteiger partial charge in [-0.2, -0.15) is 13.1 Å². The van der Waals surface area contributed by atoms with Crippen molar-refractivity contribution in [2.24, 2.45) is 0 Å². The summed E-state index contributed by atoms with van der Waals surface area (Å²) < 4.78 is 44.6. The van der Waals surface area contributed by atoms with Gasteiger partial charge in [0, 0.05) is 6.04 Å². The molecule has 8 nitrogen and oxygen atoms in total. The van der Waals surface area contributed by atoms with Crippen molar-refractivity contribution < 1.29 is 27.4 Å². The molecule has 9 heteroatoms. The van der Waals surface area contributed by atoms with E-state index in [-0.39, 0.29) is 12.6 Å². The van der Waals surface area contributed by atoms with Crippen LogP contribution in [0.1, 0.15) is 23.1 Å². The lowest BCUT2D eigenvalue weighted by molar-refractivity contribution is 0.146. The number of aryl methyl sites for hydroxylation is 1. The van der Waals surface area contributed by atoms with Crippen LogP contribution in [-0.4, -0.2) is 34.8 Å². The average molecular weight is 420 g/mol. The highest BCUT2D eigenvalue weighted by Crippen LogP contribution is 2.34. The maximum atomic E-state index is 12.3. The molecule has 2 aromatic carbocycles. The molecule has 0 saturated carbocycles. The van der Waals surface area contributed by atoms with Crippen molar-refractivity contribution in [1.29, 1.82) is 0 Å². The Labute approximate surface area is 170 Å². The van der Waals surface area contributed by atoms with Crippen molar-refractivity contribution in [2.75, 3.05) is 14.2 Å². The standard InChI is InChI=1S/C20H24N2O6S/c1-26-18-11-15-8-9-17(10-16(15)12-19(18)27-2)21-29(24,25)22-20(23)28-13-14-6-4-3-5-7-14/h3-7,11-12,17,21H,8-10,13H2,1-2H3,(H,22,23). The summed E-state index contributed by atoms with van der Waals surface area (Å²) in [6, 6.07) is 12.4. The molecule has 0 aliphatic heterocycles. The molecule has 0 bridgehead atoms. The van der Waals surface area contributed by atoms with Crippen LogP contribution in [0, 0.1) is 0 Å². The van der Waals surface area contributed by atoms with Gasteiger partial charge in [0.05, 0.1) is 14.2 Å². The number of methoxy groups -OCH3 is 2. The van der Waals surface area contributed by atoms with Crippen LogP contribution in [0.3, 0.4) is 0 Å². The van der Waals surface area contributed by atoms with Crippen LogP contribution >= 0.6 is 0 Å². The fourth-order valence-corrected chi connectivity index (χ4v) is 4.27. The molecule has 0 radical (unpaired) electrons. The Morgan fingerprint density at radius 3 is 2.38 bits per heavy atom. The first kappa shape index (κ1) is 20.9. The van der Waals surface area contributed by atoms with Crippen LogP contribution in [-0.2, 0) is 34.4 Å². The quantitative estimate of drug-likeness (QED) is 0.713. The Kier molecular flexibility index (Phi) is 6.60. The number of hydrogen-bond acceptors (Lipinski definition) is 6. The van der Waals surface area contributed by atoms with Gasteiger partial charge in [-0.05, 0) is 48.1 Å². The average Bonchev–Trinajstić information content (AvgIpc) is 2.71. The summed E-state index contributed by atoms with van der Waals surface area (Å²) in [5, 5.41) is 0. The van der Waals surface area contributed by atoms with E-state index in [0.717, 1.165) is 16.7 Å². The predicted octanol–water partition coefficient (Wildman–Crippen LogP) is 2.32. The zero-order valence-electron chi connectivity index (χ0n) is 16.3. The lowest BCUT2D eigenvalue weighted by Gasteiger charge is -2.26. The van der Waals surface area contributed by atoms with Crippen molar-refractivity contribution in [3.05, 3.63) is 59.2 Å². The summed E-state index contributed by atoms with van der Waals surface area (Å²) in [6.07, 6.45) is 0.739. The zero-order valence-corrected chi connectivity index (χ0v) is 17.1. The number of fused-ring (bicyclic) bond motifs is 1. The highest BCUT2D eigenvalue weighted by atomic mass is 32.2. The van der Waals surface area contributed by atoms with Crippen LogP contribution in [0.25, 0.3) is 0 Å². The highest BCUT2D eigenvalue weighted by Gasteiger charge is 2.26. The van der Waals surface area contributed by atoms with Gasteiger partial charge in [-0.3, -0.25) is 0 Å². The van der Waals surface area contributed by atoms with Crippen LogP contribution in [0.15, 0.2) is 42.5 Å². The summed E-state index contributed by atoms with van der Waals surface area (Å²) in [7, 11) is -0.917. The Hall–Kier alpha value is -2.78. The van der Waals surface area contributed by atoms with E-state index in [1.165, 1.54) is 0 Å². The molecule has 0 aromatic heterocycles. The Morgan fingerprint density at radius 2 is 1.72 bits per heavy atom. The van der Waals surface area contributed by atoms with Crippen LogP contribution < -0.4 is 18.9 Å². The molecule has 0 spiro atoms. The highest BCUT2D eigenvalue weighted by molar-refractivity contribution is 7.88. The normalized spacial score (nSPS) is 15.9. The van der Waals surface area contributed by atoms with Crippen LogP contribution in [0.5, 0.6) is 11.5 Å². The monoisotopic (exact) mass is 420 g/mol. The molecular weight excluding hydrogens is 396 g/mol. The van der Waals surface area contributed by atoms with E-state index >= 15 is 0 Å². The van der Waals surface area contributed by atoms with E-state index in [9.17, 15) is 13.2 Å². The maximum absolute atomic E-state index is 12.3. The molecule has 1 unspecified atom stereocenters. The SMILES string of the molecule is COc1cc2c(cc1OC)CC(NS(=O)(=O)NC(=O)OCc1ccccc1)CC2. The second-order valence-corrected chi connectivity index (χ2v) is 8.15. The molecule has 2 aromatic rings. The summed E-state index contributed by atoms with van der Waals surface area (Å²) in [5.74, 6) is 1.24. The summed E-state index contributed by atoms with van der Waals surface area (Å²) in [4.78, 5) is 11.8. The molecule has 29 heavy (non-hydrogen) atoms. The molecule has 1 atom stereocenters. The Balaban J connectivity index is 1.57. The third kappa shape index (κ3) is 5.61. The van der Waals surface area contributed by atoms with E-state index in [1.54, 1.807) is 38.5 Å². The smallest absolute Gasteiger partial charge is 0.422 e. The number of carbonyl (C=O) groups is 1. The third-order valence-electron chi connectivity index (χ3n) is 4.69. The minimum atomic E-state index is -4.05. The van der Waals surface area contributed by atoms with Crippen molar-refractivity contribution in [1.82, 2.24) is 9.44 Å².